The average Bonchev–Trinajstić information content (AvgIpc) is 2.93. The Labute approximate surface area is 140 Å². The van der Waals surface area contributed by atoms with Crippen LogP contribution in [0, 0.1) is 5.92 Å². The van der Waals surface area contributed by atoms with Gasteiger partial charge in [0.05, 0.1) is 17.2 Å². The van der Waals surface area contributed by atoms with Crippen LogP contribution >= 0.6 is 11.8 Å². The molecule has 122 valence electrons. The molecule has 1 fully saturated rings. The lowest BCUT2D eigenvalue weighted by molar-refractivity contribution is -0.139. The fraction of sp³-hybridized carbons (Fsp3) is 0.444. The molecule has 1 saturated carbocycles. The van der Waals surface area contributed by atoms with Crippen molar-refractivity contribution in [3.8, 4) is 0 Å². The number of hydrogen-bond acceptors (Lipinski definition) is 4. The Kier molecular flexibility index (Phi) is 5.06. The van der Waals surface area contributed by atoms with E-state index in [-0.39, 0.29) is 17.8 Å². The van der Waals surface area contributed by atoms with E-state index in [0.29, 0.717) is 28.0 Å². The fourth-order valence-electron chi connectivity index (χ4n) is 3.27. The SMILES string of the molecule is CCOC(=O)C1=C(NC(=O)c2ccccc2)S[C@@H]2CCCC[C@@H]12. The van der Waals surface area contributed by atoms with Crippen LogP contribution in [0.3, 0.4) is 0 Å². The largest absolute Gasteiger partial charge is 0.463 e. The number of esters is 1. The van der Waals surface area contributed by atoms with Gasteiger partial charge in [0.1, 0.15) is 0 Å². The summed E-state index contributed by atoms with van der Waals surface area (Å²) in [6, 6.07) is 9.08. The number of thioether (sulfide) groups is 1. The van der Waals surface area contributed by atoms with E-state index in [1.54, 1.807) is 30.8 Å². The highest BCUT2D eigenvalue weighted by Gasteiger charge is 2.41. The zero-order chi connectivity index (χ0) is 16.2. The zero-order valence-corrected chi connectivity index (χ0v) is 14.0. The number of amides is 1. The summed E-state index contributed by atoms with van der Waals surface area (Å²) in [5.41, 5.74) is 1.27. The first-order chi connectivity index (χ1) is 11.2. The van der Waals surface area contributed by atoms with Gasteiger partial charge in [0, 0.05) is 16.7 Å². The summed E-state index contributed by atoms with van der Waals surface area (Å²) in [6.45, 7) is 2.16. The molecule has 0 spiro atoms. The molecule has 1 aliphatic carbocycles. The van der Waals surface area contributed by atoms with Crippen LogP contribution < -0.4 is 5.32 Å². The van der Waals surface area contributed by atoms with Crippen molar-refractivity contribution >= 4 is 23.6 Å². The van der Waals surface area contributed by atoms with Gasteiger partial charge in [-0.1, -0.05) is 31.0 Å². The van der Waals surface area contributed by atoms with Crippen molar-refractivity contribution in [3.05, 3.63) is 46.5 Å². The highest BCUT2D eigenvalue weighted by molar-refractivity contribution is 8.04. The monoisotopic (exact) mass is 331 g/mol. The molecule has 0 radical (unpaired) electrons. The van der Waals surface area contributed by atoms with Crippen LogP contribution in [0.1, 0.15) is 43.0 Å². The summed E-state index contributed by atoms with van der Waals surface area (Å²) in [4.78, 5) is 24.8. The number of rotatable bonds is 4. The van der Waals surface area contributed by atoms with Gasteiger partial charge in [-0.15, -0.1) is 11.8 Å². The van der Waals surface area contributed by atoms with Gasteiger partial charge in [-0.25, -0.2) is 4.79 Å². The number of nitrogens with one attached hydrogen (secondary N) is 1. The average molecular weight is 331 g/mol. The maximum absolute atomic E-state index is 12.4. The number of carbonyl (C=O) groups is 2. The lowest BCUT2D eigenvalue weighted by atomic mass is 9.84. The Bertz CT molecular complexity index is 626. The summed E-state index contributed by atoms with van der Waals surface area (Å²) in [5, 5.41) is 4.02. The summed E-state index contributed by atoms with van der Waals surface area (Å²) in [6.07, 6.45) is 4.40. The molecular formula is C18H21NO3S. The van der Waals surface area contributed by atoms with Crippen LogP contribution in [-0.2, 0) is 9.53 Å². The Morgan fingerprint density at radius 1 is 1.22 bits per heavy atom. The van der Waals surface area contributed by atoms with Crippen LogP contribution in [0.15, 0.2) is 40.9 Å². The Balaban J connectivity index is 1.84. The highest BCUT2D eigenvalue weighted by Crippen LogP contribution is 2.48. The van der Waals surface area contributed by atoms with Crippen molar-refractivity contribution in [3.63, 3.8) is 0 Å². The summed E-state index contributed by atoms with van der Waals surface area (Å²) in [7, 11) is 0. The zero-order valence-electron chi connectivity index (χ0n) is 13.2. The Morgan fingerprint density at radius 3 is 2.70 bits per heavy atom. The first-order valence-corrected chi connectivity index (χ1v) is 9.03. The third-order valence-corrected chi connectivity index (χ3v) is 5.77. The van der Waals surface area contributed by atoms with E-state index < -0.39 is 0 Å². The molecule has 1 amide bonds. The normalized spacial score (nSPS) is 23.3. The van der Waals surface area contributed by atoms with E-state index in [1.807, 2.05) is 18.2 Å². The molecule has 4 nitrogen and oxygen atoms in total. The van der Waals surface area contributed by atoms with Crippen molar-refractivity contribution in [1.82, 2.24) is 5.32 Å². The van der Waals surface area contributed by atoms with Gasteiger partial charge in [-0.2, -0.15) is 0 Å². The van der Waals surface area contributed by atoms with E-state index in [4.69, 9.17) is 4.74 Å². The number of carbonyl (C=O) groups excluding carboxylic acids is 2. The Hall–Kier alpha value is -1.75. The van der Waals surface area contributed by atoms with E-state index in [0.717, 1.165) is 19.3 Å². The maximum Gasteiger partial charge on any atom is 0.336 e. The van der Waals surface area contributed by atoms with Crippen LogP contribution in [-0.4, -0.2) is 23.7 Å². The number of ether oxygens (including phenoxy) is 1. The van der Waals surface area contributed by atoms with Crippen molar-refractivity contribution in [2.45, 2.75) is 37.9 Å². The highest BCUT2D eigenvalue weighted by atomic mass is 32.2. The quantitative estimate of drug-likeness (QED) is 0.858. The number of fused-ring (bicyclic) bond motifs is 1. The molecule has 23 heavy (non-hydrogen) atoms. The van der Waals surface area contributed by atoms with Gasteiger partial charge in [0.2, 0.25) is 0 Å². The van der Waals surface area contributed by atoms with Crippen molar-refractivity contribution in [1.29, 1.82) is 0 Å². The van der Waals surface area contributed by atoms with Gasteiger partial charge in [0.25, 0.3) is 5.91 Å². The minimum absolute atomic E-state index is 0.173. The van der Waals surface area contributed by atoms with Crippen LogP contribution in [0.2, 0.25) is 0 Å². The number of benzene rings is 1. The summed E-state index contributed by atoms with van der Waals surface area (Å²) >= 11 is 1.63. The molecule has 1 aliphatic heterocycles. The Morgan fingerprint density at radius 2 is 1.96 bits per heavy atom. The maximum atomic E-state index is 12.4. The molecule has 1 heterocycles. The summed E-state index contributed by atoms with van der Waals surface area (Å²) < 4.78 is 5.23. The first-order valence-electron chi connectivity index (χ1n) is 8.15. The minimum Gasteiger partial charge on any atom is -0.463 e. The molecule has 0 saturated heterocycles. The van der Waals surface area contributed by atoms with Crippen LogP contribution in [0.25, 0.3) is 0 Å². The second-order valence-corrected chi connectivity index (χ2v) is 7.08. The molecule has 1 N–H and O–H groups in total. The van der Waals surface area contributed by atoms with Gasteiger partial charge >= 0.3 is 5.97 Å². The van der Waals surface area contributed by atoms with Crippen molar-refractivity contribution < 1.29 is 14.3 Å². The minimum atomic E-state index is -0.280. The molecule has 1 aromatic rings. The third kappa shape index (κ3) is 3.44. The molecule has 3 rings (SSSR count). The van der Waals surface area contributed by atoms with Crippen molar-refractivity contribution in [2.75, 3.05) is 6.61 Å². The van der Waals surface area contributed by atoms with E-state index in [1.165, 1.54) is 6.42 Å². The van der Waals surface area contributed by atoms with Crippen LogP contribution in [0.4, 0.5) is 0 Å². The second kappa shape index (κ2) is 7.21. The second-order valence-electron chi connectivity index (χ2n) is 5.83. The smallest absolute Gasteiger partial charge is 0.336 e. The molecule has 5 heteroatoms. The molecule has 0 bridgehead atoms. The lowest BCUT2D eigenvalue weighted by Crippen LogP contribution is -2.26. The topological polar surface area (TPSA) is 55.4 Å². The standard InChI is InChI=1S/C18H21NO3S/c1-2-22-18(21)15-13-10-6-7-11-14(13)23-17(15)19-16(20)12-8-4-3-5-9-12/h3-5,8-9,13-14H,2,6-7,10-11H2,1H3,(H,19,20)/t13-,14-/m1/s1. The fourth-order valence-corrected chi connectivity index (χ4v) is 4.80. The molecule has 2 aliphatic rings. The molecule has 1 aromatic carbocycles. The number of hydrogen-bond donors (Lipinski definition) is 1. The van der Waals surface area contributed by atoms with Gasteiger partial charge in [-0.05, 0) is 31.9 Å². The molecule has 0 aromatic heterocycles. The van der Waals surface area contributed by atoms with Gasteiger partial charge < -0.3 is 10.1 Å². The predicted molar refractivity (Wildman–Crippen MR) is 90.9 cm³/mol. The van der Waals surface area contributed by atoms with Crippen LogP contribution in [0.5, 0.6) is 0 Å². The van der Waals surface area contributed by atoms with Crippen molar-refractivity contribution in [2.24, 2.45) is 5.92 Å². The third-order valence-electron chi connectivity index (χ3n) is 4.35. The molecular weight excluding hydrogens is 310 g/mol. The first kappa shape index (κ1) is 16.1. The molecule has 0 unspecified atom stereocenters. The van der Waals surface area contributed by atoms with E-state index >= 15 is 0 Å². The summed E-state index contributed by atoms with van der Waals surface area (Å²) in [5.74, 6) is -0.245. The molecule has 2 atom stereocenters. The van der Waals surface area contributed by atoms with Gasteiger partial charge in [0.15, 0.2) is 0 Å². The predicted octanol–water partition coefficient (Wildman–Crippen LogP) is 3.50. The van der Waals surface area contributed by atoms with Gasteiger partial charge in [-0.3, -0.25) is 4.79 Å². The van der Waals surface area contributed by atoms with E-state index in [2.05, 4.69) is 5.32 Å². The lowest BCUT2D eigenvalue weighted by Gasteiger charge is -2.25. The van der Waals surface area contributed by atoms with E-state index in [9.17, 15) is 9.59 Å².